The molecule has 0 aromatic heterocycles. The normalized spacial score (nSPS) is 12.5. The second-order valence-corrected chi connectivity index (χ2v) is 6.90. The van der Waals surface area contributed by atoms with Gasteiger partial charge in [-0.2, -0.15) is 13.2 Å². The molecule has 27 heavy (non-hydrogen) atoms. The van der Waals surface area contributed by atoms with Crippen molar-refractivity contribution in [2.75, 3.05) is 19.7 Å². The minimum atomic E-state index is -4.38. The molecule has 0 spiro atoms. The van der Waals surface area contributed by atoms with Gasteiger partial charge in [-0.05, 0) is 45.4 Å². The molecule has 0 unspecified atom stereocenters. The molecule has 1 aromatic carbocycles. The summed E-state index contributed by atoms with van der Waals surface area (Å²) in [5, 5.41) is 8.76. The van der Waals surface area contributed by atoms with E-state index < -0.39 is 12.8 Å². The number of benzene rings is 1. The van der Waals surface area contributed by atoms with E-state index in [4.69, 9.17) is 4.74 Å². The van der Waals surface area contributed by atoms with Gasteiger partial charge in [0.05, 0.1) is 13.1 Å². The highest BCUT2D eigenvalue weighted by molar-refractivity contribution is 5.86. The number of halogens is 3. The van der Waals surface area contributed by atoms with Gasteiger partial charge in [-0.25, -0.2) is 4.99 Å². The van der Waals surface area contributed by atoms with Crippen LogP contribution in [0.3, 0.4) is 0 Å². The predicted molar refractivity (Wildman–Crippen MR) is 98.7 cm³/mol. The first-order valence-corrected chi connectivity index (χ1v) is 8.60. The van der Waals surface area contributed by atoms with E-state index in [0.717, 1.165) is 0 Å². The maximum atomic E-state index is 12.2. The smallest absolute Gasteiger partial charge is 0.422 e. The fourth-order valence-corrected chi connectivity index (χ4v) is 2.04. The number of alkyl halides is 3. The van der Waals surface area contributed by atoms with Crippen molar-refractivity contribution in [2.24, 2.45) is 4.99 Å². The van der Waals surface area contributed by atoms with Gasteiger partial charge in [0.15, 0.2) is 12.6 Å². The van der Waals surface area contributed by atoms with Crippen molar-refractivity contribution in [1.29, 1.82) is 0 Å². The van der Waals surface area contributed by atoms with Crippen LogP contribution >= 0.6 is 0 Å². The minimum Gasteiger partial charge on any atom is -0.484 e. The van der Waals surface area contributed by atoms with Crippen molar-refractivity contribution in [2.45, 2.75) is 46.0 Å². The maximum absolute atomic E-state index is 12.2. The van der Waals surface area contributed by atoms with E-state index >= 15 is 0 Å². The van der Waals surface area contributed by atoms with Crippen LogP contribution in [0.5, 0.6) is 5.75 Å². The lowest BCUT2D eigenvalue weighted by atomic mass is 10.1. The largest absolute Gasteiger partial charge is 0.484 e. The number of rotatable bonds is 7. The van der Waals surface area contributed by atoms with Crippen molar-refractivity contribution in [1.82, 2.24) is 16.0 Å². The second kappa shape index (κ2) is 10.0. The molecule has 1 rings (SSSR count). The third kappa shape index (κ3) is 11.0. The summed E-state index contributed by atoms with van der Waals surface area (Å²) in [7, 11) is 0. The lowest BCUT2D eigenvalue weighted by molar-refractivity contribution is -0.153. The molecular formula is C18H27F3N4O2. The van der Waals surface area contributed by atoms with Gasteiger partial charge < -0.3 is 20.7 Å². The van der Waals surface area contributed by atoms with Crippen molar-refractivity contribution < 1.29 is 22.7 Å². The molecule has 9 heteroatoms. The molecule has 0 atom stereocenters. The maximum Gasteiger partial charge on any atom is 0.422 e. The molecule has 0 saturated carbocycles. The lowest BCUT2D eigenvalue weighted by Crippen LogP contribution is -2.48. The molecule has 0 heterocycles. The van der Waals surface area contributed by atoms with Crippen molar-refractivity contribution in [3.63, 3.8) is 0 Å². The Labute approximate surface area is 157 Å². The van der Waals surface area contributed by atoms with Crippen LogP contribution in [0.25, 0.3) is 0 Å². The fourth-order valence-electron chi connectivity index (χ4n) is 2.04. The summed E-state index contributed by atoms with van der Waals surface area (Å²) >= 11 is 0. The van der Waals surface area contributed by atoms with Crippen LogP contribution in [0.2, 0.25) is 0 Å². The average molecular weight is 388 g/mol. The Hall–Kier alpha value is -2.45. The van der Waals surface area contributed by atoms with Crippen molar-refractivity contribution >= 4 is 11.9 Å². The summed E-state index contributed by atoms with van der Waals surface area (Å²) in [4.78, 5) is 16.2. The van der Waals surface area contributed by atoms with Gasteiger partial charge in [0, 0.05) is 12.1 Å². The average Bonchev–Trinajstić information content (AvgIpc) is 2.54. The number of nitrogens with zero attached hydrogens (tertiary/aromatic N) is 1. The Kier molecular flexibility index (Phi) is 8.39. The fraction of sp³-hybridized carbons (Fsp3) is 0.556. The Balaban J connectivity index is 2.65. The molecule has 0 aliphatic carbocycles. The van der Waals surface area contributed by atoms with E-state index in [0.29, 0.717) is 18.1 Å². The van der Waals surface area contributed by atoms with Crippen molar-refractivity contribution in [3.05, 3.63) is 29.8 Å². The minimum absolute atomic E-state index is 0.0534. The standard InChI is InChI=1S/C18H27F3N4O2/c1-5-22-16(24-11-15(26)25-17(2,3)4)23-10-13-7-6-8-14(9-13)27-12-18(19,20)21/h6-9H,5,10-12H2,1-4H3,(H,25,26)(H2,22,23,24). The van der Waals surface area contributed by atoms with Crippen LogP contribution < -0.4 is 20.7 Å². The quantitative estimate of drug-likeness (QED) is 0.496. The molecule has 0 aliphatic heterocycles. The molecule has 6 nitrogen and oxygen atoms in total. The van der Waals surface area contributed by atoms with Crippen molar-refractivity contribution in [3.8, 4) is 5.75 Å². The number of amides is 1. The summed E-state index contributed by atoms with van der Waals surface area (Å²) in [6.45, 7) is 7.08. The molecule has 0 fully saturated rings. The van der Waals surface area contributed by atoms with Crippen LogP contribution in [-0.4, -0.2) is 43.3 Å². The van der Waals surface area contributed by atoms with Gasteiger partial charge in [-0.1, -0.05) is 12.1 Å². The molecule has 152 valence electrons. The lowest BCUT2D eigenvalue weighted by Gasteiger charge is -2.21. The monoisotopic (exact) mass is 388 g/mol. The Morgan fingerprint density at radius 1 is 1.19 bits per heavy atom. The van der Waals surface area contributed by atoms with Gasteiger partial charge in [0.2, 0.25) is 5.91 Å². The Morgan fingerprint density at radius 3 is 2.48 bits per heavy atom. The molecule has 1 aromatic rings. The Morgan fingerprint density at radius 2 is 1.89 bits per heavy atom. The number of guanidine groups is 1. The molecule has 0 radical (unpaired) electrons. The third-order valence-electron chi connectivity index (χ3n) is 3.00. The highest BCUT2D eigenvalue weighted by Crippen LogP contribution is 2.19. The zero-order chi connectivity index (χ0) is 20.5. The number of carbonyl (C=O) groups excluding carboxylic acids is 1. The zero-order valence-electron chi connectivity index (χ0n) is 16.0. The highest BCUT2D eigenvalue weighted by Gasteiger charge is 2.28. The predicted octanol–water partition coefficient (Wildman–Crippen LogP) is 2.60. The second-order valence-electron chi connectivity index (χ2n) is 6.90. The van der Waals surface area contributed by atoms with Crippen LogP contribution in [-0.2, 0) is 11.3 Å². The van der Waals surface area contributed by atoms with Gasteiger partial charge in [-0.3, -0.25) is 4.79 Å². The van der Waals surface area contributed by atoms with E-state index in [1.165, 1.54) is 12.1 Å². The van der Waals surface area contributed by atoms with Gasteiger partial charge in [0.25, 0.3) is 0 Å². The molecule has 1 amide bonds. The summed E-state index contributed by atoms with van der Waals surface area (Å²) in [5.74, 6) is 0.390. The third-order valence-corrected chi connectivity index (χ3v) is 3.00. The first kappa shape index (κ1) is 22.6. The molecule has 0 saturated heterocycles. The molecular weight excluding hydrogens is 361 g/mol. The summed E-state index contributed by atoms with van der Waals surface area (Å²) in [6.07, 6.45) is -4.38. The van der Waals surface area contributed by atoms with E-state index in [9.17, 15) is 18.0 Å². The number of aliphatic imine (C=N–C) groups is 1. The number of nitrogens with one attached hydrogen (secondary N) is 3. The SMILES string of the molecule is CCNC(=NCc1cccc(OCC(F)(F)F)c1)NCC(=O)NC(C)(C)C. The number of hydrogen-bond donors (Lipinski definition) is 3. The van der Waals surface area contributed by atoms with Crippen LogP contribution in [0, 0.1) is 0 Å². The summed E-state index contributed by atoms with van der Waals surface area (Å²) in [5.41, 5.74) is 0.358. The zero-order valence-corrected chi connectivity index (χ0v) is 16.0. The van der Waals surface area contributed by atoms with E-state index in [1.807, 2.05) is 27.7 Å². The molecule has 0 aliphatic rings. The van der Waals surface area contributed by atoms with Gasteiger partial charge in [0.1, 0.15) is 5.75 Å². The summed E-state index contributed by atoms with van der Waals surface area (Å²) < 4.78 is 41.4. The topological polar surface area (TPSA) is 74.8 Å². The van der Waals surface area contributed by atoms with Crippen LogP contribution in [0.4, 0.5) is 13.2 Å². The number of hydrogen-bond acceptors (Lipinski definition) is 3. The van der Waals surface area contributed by atoms with Gasteiger partial charge in [-0.15, -0.1) is 0 Å². The number of ether oxygens (including phenoxy) is 1. The van der Waals surface area contributed by atoms with E-state index in [1.54, 1.807) is 12.1 Å². The highest BCUT2D eigenvalue weighted by atomic mass is 19.4. The van der Waals surface area contributed by atoms with Gasteiger partial charge >= 0.3 is 6.18 Å². The first-order chi connectivity index (χ1) is 12.5. The molecule has 0 bridgehead atoms. The van der Waals surface area contributed by atoms with Crippen LogP contribution in [0.1, 0.15) is 33.3 Å². The molecule has 3 N–H and O–H groups in total. The Bertz CT molecular complexity index is 640. The van der Waals surface area contributed by atoms with Crippen LogP contribution in [0.15, 0.2) is 29.3 Å². The number of carbonyl (C=O) groups is 1. The summed E-state index contributed by atoms with van der Waals surface area (Å²) in [6, 6.07) is 6.30. The van der Waals surface area contributed by atoms with E-state index in [-0.39, 0.29) is 30.3 Å². The van der Waals surface area contributed by atoms with E-state index in [2.05, 4.69) is 20.9 Å². The first-order valence-electron chi connectivity index (χ1n) is 8.60.